The molecule has 0 spiro atoms. The normalized spacial score (nSPS) is 12.1. The Labute approximate surface area is 161 Å². The number of hydrogen-bond acceptors (Lipinski definition) is 2. The molecule has 0 saturated carbocycles. The fraction of sp³-hybridized carbons (Fsp3) is 0.364. The lowest BCUT2D eigenvalue weighted by molar-refractivity contribution is 0.0919. The van der Waals surface area contributed by atoms with E-state index < -0.39 is 0 Å². The summed E-state index contributed by atoms with van der Waals surface area (Å²) >= 11 is 0. The maximum atomic E-state index is 12.1. The molecule has 0 aliphatic carbocycles. The molecule has 2 aromatic rings. The number of aryl methyl sites for hydroxylation is 1. The van der Waals surface area contributed by atoms with Crippen LogP contribution in [0.2, 0.25) is 0 Å². The SMILES string of the molecule is C[C@@H](CCc1ccccc1)NC(=O)Nc1ccc(C(=O)NC(C)(C)C)cc1. The van der Waals surface area contributed by atoms with Crippen molar-refractivity contribution in [1.82, 2.24) is 10.6 Å². The van der Waals surface area contributed by atoms with Gasteiger partial charge in [0.05, 0.1) is 0 Å². The minimum atomic E-state index is -0.288. The molecule has 0 aromatic heterocycles. The molecule has 5 heteroatoms. The van der Waals surface area contributed by atoms with Gasteiger partial charge in [-0.2, -0.15) is 0 Å². The Bertz CT molecular complexity index is 749. The zero-order valence-electron chi connectivity index (χ0n) is 16.5. The maximum Gasteiger partial charge on any atom is 0.319 e. The molecular weight excluding hydrogens is 338 g/mol. The Kier molecular flexibility index (Phi) is 6.99. The van der Waals surface area contributed by atoms with Crippen molar-refractivity contribution in [3.63, 3.8) is 0 Å². The molecule has 1 atom stereocenters. The first kappa shape index (κ1) is 20.5. The summed E-state index contributed by atoms with van der Waals surface area (Å²) in [5.41, 5.74) is 2.18. The zero-order valence-corrected chi connectivity index (χ0v) is 16.5. The summed E-state index contributed by atoms with van der Waals surface area (Å²) in [6, 6.07) is 16.9. The summed E-state index contributed by atoms with van der Waals surface area (Å²) in [6.07, 6.45) is 1.78. The van der Waals surface area contributed by atoms with Crippen LogP contribution in [0, 0.1) is 0 Å². The number of benzene rings is 2. The van der Waals surface area contributed by atoms with Crippen LogP contribution in [0.25, 0.3) is 0 Å². The lowest BCUT2D eigenvalue weighted by atomic mass is 10.1. The second kappa shape index (κ2) is 9.21. The van der Waals surface area contributed by atoms with Gasteiger partial charge in [-0.05, 0) is 70.4 Å². The second-order valence-corrected chi connectivity index (χ2v) is 7.81. The Hall–Kier alpha value is -2.82. The molecule has 0 heterocycles. The summed E-state index contributed by atoms with van der Waals surface area (Å²) in [6.45, 7) is 7.79. The minimum Gasteiger partial charge on any atom is -0.347 e. The fourth-order valence-corrected chi connectivity index (χ4v) is 2.61. The Morgan fingerprint density at radius 3 is 2.19 bits per heavy atom. The van der Waals surface area contributed by atoms with Gasteiger partial charge in [-0.3, -0.25) is 4.79 Å². The van der Waals surface area contributed by atoms with Crippen molar-refractivity contribution in [2.45, 2.75) is 52.1 Å². The van der Waals surface area contributed by atoms with E-state index in [0.29, 0.717) is 11.3 Å². The van der Waals surface area contributed by atoms with Crippen LogP contribution in [-0.4, -0.2) is 23.5 Å². The lowest BCUT2D eigenvalue weighted by Gasteiger charge is -2.20. The third kappa shape index (κ3) is 7.52. The molecule has 5 nitrogen and oxygen atoms in total. The summed E-state index contributed by atoms with van der Waals surface area (Å²) in [5, 5.41) is 8.65. The Morgan fingerprint density at radius 2 is 1.59 bits per heavy atom. The van der Waals surface area contributed by atoms with Crippen molar-refractivity contribution in [1.29, 1.82) is 0 Å². The van der Waals surface area contributed by atoms with Crippen molar-refractivity contribution in [2.75, 3.05) is 5.32 Å². The van der Waals surface area contributed by atoms with Gasteiger partial charge in [0, 0.05) is 22.8 Å². The molecule has 144 valence electrons. The number of hydrogen-bond donors (Lipinski definition) is 3. The molecule has 27 heavy (non-hydrogen) atoms. The molecule has 3 N–H and O–H groups in total. The third-order valence-electron chi connectivity index (χ3n) is 3.98. The highest BCUT2D eigenvalue weighted by Gasteiger charge is 2.15. The van der Waals surface area contributed by atoms with Crippen LogP contribution in [0.4, 0.5) is 10.5 Å². The second-order valence-electron chi connectivity index (χ2n) is 7.81. The van der Waals surface area contributed by atoms with Crippen LogP contribution in [0.15, 0.2) is 54.6 Å². The van der Waals surface area contributed by atoms with E-state index in [9.17, 15) is 9.59 Å². The number of nitrogens with one attached hydrogen (secondary N) is 3. The first-order valence-electron chi connectivity index (χ1n) is 9.27. The van der Waals surface area contributed by atoms with Crippen LogP contribution in [-0.2, 0) is 6.42 Å². The fourth-order valence-electron chi connectivity index (χ4n) is 2.61. The van der Waals surface area contributed by atoms with Crippen molar-refractivity contribution in [3.05, 3.63) is 65.7 Å². The van der Waals surface area contributed by atoms with Crippen molar-refractivity contribution in [3.8, 4) is 0 Å². The lowest BCUT2D eigenvalue weighted by Crippen LogP contribution is -2.40. The maximum absolute atomic E-state index is 12.1. The van der Waals surface area contributed by atoms with E-state index in [-0.39, 0.29) is 23.5 Å². The molecule has 0 saturated heterocycles. The number of carbonyl (C=O) groups excluding carboxylic acids is 2. The van der Waals surface area contributed by atoms with E-state index in [1.807, 2.05) is 45.9 Å². The highest BCUT2D eigenvalue weighted by atomic mass is 16.2. The summed E-state index contributed by atoms with van der Waals surface area (Å²) in [4.78, 5) is 24.3. The van der Waals surface area contributed by atoms with Gasteiger partial charge in [0.15, 0.2) is 0 Å². The molecule has 0 aliphatic rings. The number of anilines is 1. The minimum absolute atomic E-state index is 0.0574. The smallest absolute Gasteiger partial charge is 0.319 e. The van der Waals surface area contributed by atoms with Gasteiger partial charge in [0.1, 0.15) is 0 Å². The van der Waals surface area contributed by atoms with E-state index in [0.717, 1.165) is 12.8 Å². The predicted molar refractivity (Wildman–Crippen MR) is 110 cm³/mol. The van der Waals surface area contributed by atoms with Gasteiger partial charge in [-0.15, -0.1) is 0 Å². The Morgan fingerprint density at radius 1 is 0.963 bits per heavy atom. The standard InChI is InChI=1S/C22H29N3O2/c1-16(10-11-17-8-6-5-7-9-17)23-21(27)24-19-14-12-18(13-15-19)20(26)25-22(2,3)4/h5-9,12-16H,10-11H2,1-4H3,(H,25,26)(H2,23,24,27)/t16-/m0/s1. The molecule has 0 aliphatic heterocycles. The molecule has 0 radical (unpaired) electrons. The first-order chi connectivity index (χ1) is 12.7. The van der Waals surface area contributed by atoms with Gasteiger partial charge in [-0.1, -0.05) is 30.3 Å². The zero-order chi connectivity index (χ0) is 19.9. The van der Waals surface area contributed by atoms with Gasteiger partial charge in [0.2, 0.25) is 0 Å². The van der Waals surface area contributed by atoms with Crippen molar-refractivity contribution >= 4 is 17.6 Å². The topological polar surface area (TPSA) is 70.2 Å². The Balaban J connectivity index is 1.80. The number of amides is 3. The number of carbonyl (C=O) groups is 2. The van der Waals surface area contributed by atoms with E-state index >= 15 is 0 Å². The van der Waals surface area contributed by atoms with E-state index in [4.69, 9.17) is 0 Å². The van der Waals surface area contributed by atoms with Crippen LogP contribution < -0.4 is 16.0 Å². The quantitative estimate of drug-likeness (QED) is 0.710. The van der Waals surface area contributed by atoms with Crippen molar-refractivity contribution in [2.24, 2.45) is 0 Å². The van der Waals surface area contributed by atoms with Crippen LogP contribution in [0.3, 0.4) is 0 Å². The van der Waals surface area contributed by atoms with E-state index in [1.54, 1.807) is 24.3 Å². The number of rotatable bonds is 6. The molecule has 2 rings (SSSR count). The molecule has 0 fully saturated rings. The van der Waals surface area contributed by atoms with E-state index in [2.05, 4.69) is 28.1 Å². The van der Waals surface area contributed by atoms with Crippen molar-refractivity contribution < 1.29 is 9.59 Å². The molecular formula is C22H29N3O2. The molecule has 3 amide bonds. The van der Waals surface area contributed by atoms with E-state index in [1.165, 1.54) is 5.56 Å². The number of urea groups is 1. The third-order valence-corrected chi connectivity index (χ3v) is 3.98. The van der Waals surface area contributed by atoms with Gasteiger partial charge < -0.3 is 16.0 Å². The van der Waals surface area contributed by atoms with Crippen LogP contribution in [0.5, 0.6) is 0 Å². The van der Waals surface area contributed by atoms with Gasteiger partial charge in [0.25, 0.3) is 5.91 Å². The summed E-state index contributed by atoms with van der Waals surface area (Å²) in [7, 11) is 0. The first-order valence-corrected chi connectivity index (χ1v) is 9.27. The van der Waals surface area contributed by atoms with Crippen LogP contribution in [0.1, 0.15) is 50.0 Å². The highest BCUT2D eigenvalue weighted by Crippen LogP contribution is 2.11. The molecule has 2 aromatic carbocycles. The largest absolute Gasteiger partial charge is 0.347 e. The average molecular weight is 367 g/mol. The predicted octanol–water partition coefficient (Wildman–Crippen LogP) is 4.36. The monoisotopic (exact) mass is 367 g/mol. The molecule has 0 unspecified atom stereocenters. The average Bonchev–Trinajstić information content (AvgIpc) is 2.60. The summed E-state index contributed by atoms with van der Waals surface area (Å²) in [5.74, 6) is -0.131. The van der Waals surface area contributed by atoms with Gasteiger partial charge in [-0.25, -0.2) is 4.79 Å². The van der Waals surface area contributed by atoms with Gasteiger partial charge >= 0.3 is 6.03 Å². The molecule has 0 bridgehead atoms. The highest BCUT2D eigenvalue weighted by molar-refractivity contribution is 5.95. The summed E-state index contributed by atoms with van der Waals surface area (Å²) < 4.78 is 0. The van der Waals surface area contributed by atoms with Crippen LogP contribution >= 0.6 is 0 Å².